The predicted molar refractivity (Wildman–Crippen MR) is 96.5 cm³/mol. The Bertz CT molecular complexity index is 981. The van der Waals surface area contributed by atoms with Crippen LogP contribution < -0.4 is 10.2 Å². The van der Waals surface area contributed by atoms with Crippen molar-refractivity contribution in [2.75, 3.05) is 7.11 Å². The Kier molecular flexibility index (Phi) is 4.71. The SMILES string of the molecule is COc1cccc(/C=N\NC(=O)c2cc3cc([N+](=O)[O-])ccc3s2)c1. The maximum atomic E-state index is 12.2. The van der Waals surface area contributed by atoms with E-state index in [1.165, 1.54) is 29.7 Å². The Morgan fingerprint density at radius 2 is 2.12 bits per heavy atom. The molecule has 3 aromatic rings. The van der Waals surface area contributed by atoms with E-state index in [-0.39, 0.29) is 11.6 Å². The first-order valence-corrected chi connectivity index (χ1v) is 8.04. The average molecular weight is 355 g/mol. The van der Waals surface area contributed by atoms with Crippen molar-refractivity contribution in [3.63, 3.8) is 0 Å². The molecule has 0 unspecified atom stereocenters. The van der Waals surface area contributed by atoms with Gasteiger partial charge in [0.15, 0.2) is 0 Å². The maximum absolute atomic E-state index is 12.2. The average Bonchev–Trinajstić information content (AvgIpc) is 3.05. The zero-order chi connectivity index (χ0) is 17.8. The molecule has 0 bridgehead atoms. The van der Waals surface area contributed by atoms with E-state index < -0.39 is 4.92 Å². The van der Waals surface area contributed by atoms with Gasteiger partial charge in [0.05, 0.1) is 23.1 Å². The normalized spacial score (nSPS) is 10.9. The van der Waals surface area contributed by atoms with Gasteiger partial charge in [-0.15, -0.1) is 11.3 Å². The minimum absolute atomic E-state index is 0.00620. The molecular weight excluding hydrogens is 342 g/mol. The van der Waals surface area contributed by atoms with E-state index in [0.717, 1.165) is 10.3 Å². The molecule has 0 saturated carbocycles. The number of non-ortho nitro benzene ring substituents is 1. The van der Waals surface area contributed by atoms with Crippen molar-refractivity contribution in [3.05, 3.63) is 69.1 Å². The minimum atomic E-state index is -0.463. The zero-order valence-corrected chi connectivity index (χ0v) is 13.9. The second kappa shape index (κ2) is 7.10. The fraction of sp³-hybridized carbons (Fsp3) is 0.0588. The van der Waals surface area contributed by atoms with Crippen molar-refractivity contribution in [1.82, 2.24) is 5.43 Å². The van der Waals surface area contributed by atoms with Gasteiger partial charge in [0.25, 0.3) is 11.6 Å². The summed E-state index contributed by atoms with van der Waals surface area (Å²) in [6.07, 6.45) is 1.51. The van der Waals surface area contributed by atoms with Crippen molar-refractivity contribution in [2.24, 2.45) is 5.10 Å². The van der Waals surface area contributed by atoms with Gasteiger partial charge in [-0.25, -0.2) is 5.43 Å². The Hall–Kier alpha value is -3.26. The molecule has 0 atom stereocenters. The fourth-order valence-electron chi connectivity index (χ4n) is 2.20. The molecular formula is C17H13N3O4S. The molecule has 0 aliphatic carbocycles. The monoisotopic (exact) mass is 355 g/mol. The first-order chi connectivity index (χ1) is 12.1. The summed E-state index contributed by atoms with van der Waals surface area (Å²) >= 11 is 1.25. The Morgan fingerprint density at radius 3 is 2.88 bits per heavy atom. The van der Waals surface area contributed by atoms with Crippen LogP contribution in [0.5, 0.6) is 5.75 Å². The summed E-state index contributed by atoms with van der Waals surface area (Å²) in [5, 5.41) is 15.4. The minimum Gasteiger partial charge on any atom is -0.497 e. The third-order valence-corrected chi connectivity index (χ3v) is 4.52. The van der Waals surface area contributed by atoms with E-state index in [1.807, 2.05) is 18.2 Å². The van der Waals surface area contributed by atoms with Crippen molar-refractivity contribution in [2.45, 2.75) is 0 Å². The number of carbonyl (C=O) groups is 1. The van der Waals surface area contributed by atoms with E-state index in [9.17, 15) is 14.9 Å². The van der Waals surface area contributed by atoms with Gasteiger partial charge >= 0.3 is 0 Å². The van der Waals surface area contributed by atoms with E-state index >= 15 is 0 Å². The second-order valence-electron chi connectivity index (χ2n) is 5.07. The number of thiophene rings is 1. The number of nitro groups is 1. The summed E-state index contributed by atoms with van der Waals surface area (Å²) in [6.45, 7) is 0. The van der Waals surface area contributed by atoms with Crippen molar-refractivity contribution < 1.29 is 14.5 Å². The number of hydrogen-bond acceptors (Lipinski definition) is 6. The maximum Gasteiger partial charge on any atom is 0.281 e. The van der Waals surface area contributed by atoms with Gasteiger partial charge in [0.2, 0.25) is 0 Å². The molecule has 1 N–H and O–H groups in total. The number of benzene rings is 2. The topological polar surface area (TPSA) is 93.8 Å². The number of fused-ring (bicyclic) bond motifs is 1. The van der Waals surface area contributed by atoms with Gasteiger partial charge in [-0.3, -0.25) is 14.9 Å². The molecule has 0 saturated heterocycles. The van der Waals surface area contributed by atoms with Gasteiger partial charge in [-0.05, 0) is 29.8 Å². The van der Waals surface area contributed by atoms with Crippen LogP contribution in [-0.2, 0) is 0 Å². The highest BCUT2D eigenvalue weighted by molar-refractivity contribution is 7.20. The lowest BCUT2D eigenvalue weighted by atomic mass is 10.2. The highest BCUT2D eigenvalue weighted by Gasteiger charge is 2.12. The lowest BCUT2D eigenvalue weighted by Gasteiger charge is -2.00. The summed E-state index contributed by atoms with van der Waals surface area (Å²) in [5.41, 5.74) is 3.23. The number of hydrazone groups is 1. The first kappa shape index (κ1) is 16.6. The Labute approximate surface area is 146 Å². The molecule has 1 amide bonds. The smallest absolute Gasteiger partial charge is 0.281 e. The molecule has 3 rings (SSSR count). The summed E-state index contributed by atoms with van der Waals surface area (Å²) in [5.74, 6) is 0.323. The number of ether oxygens (including phenoxy) is 1. The number of rotatable bonds is 5. The van der Waals surface area contributed by atoms with E-state index in [0.29, 0.717) is 16.0 Å². The van der Waals surface area contributed by atoms with E-state index in [4.69, 9.17) is 4.74 Å². The van der Waals surface area contributed by atoms with Crippen molar-refractivity contribution in [3.8, 4) is 5.75 Å². The summed E-state index contributed by atoms with van der Waals surface area (Å²) in [7, 11) is 1.57. The molecule has 8 heteroatoms. The van der Waals surface area contributed by atoms with Crippen molar-refractivity contribution >= 4 is 39.2 Å². The number of hydrogen-bond donors (Lipinski definition) is 1. The largest absolute Gasteiger partial charge is 0.497 e. The molecule has 0 aliphatic rings. The second-order valence-corrected chi connectivity index (χ2v) is 6.15. The van der Waals surface area contributed by atoms with Crippen LogP contribution in [0, 0.1) is 10.1 Å². The van der Waals surface area contributed by atoms with Gasteiger partial charge in [-0.1, -0.05) is 12.1 Å². The van der Waals surface area contributed by atoms with Crippen LogP contribution in [-0.4, -0.2) is 24.2 Å². The van der Waals surface area contributed by atoms with Crippen LogP contribution in [0.3, 0.4) is 0 Å². The summed E-state index contributed by atoms with van der Waals surface area (Å²) in [6, 6.07) is 13.4. The van der Waals surface area contributed by atoms with E-state index in [2.05, 4.69) is 10.5 Å². The van der Waals surface area contributed by atoms with Crippen LogP contribution >= 0.6 is 11.3 Å². The lowest BCUT2D eigenvalue weighted by Crippen LogP contribution is -2.16. The molecule has 0 radical (unpaired) electrons. The number of methoxy groups -OCH3 is 1. The third-order valence-electron chi connectivity index (χ3n) is 3.41. The number of amides is 1. The van der Waals surface area contributed by atoms with Gasteiger partial charge in [0.1, 0.15) is 5.75 Å². The van der Waals surface area contributed by atoms with Gasteiger partial charge < -0.3 is 4.74 Å². The number of carbonyl (C=O) groups excluding carboxylic acids is 1. The van der Waals surface area contributed by atoms with Crippen LogP contribution in [0.2, 0.25) is 0 Å². The molecule has 0 aliphatic heterocycles. The molecule has 2 aromatic carbocycles. The fourth-order valence-corrected chi connectivity index (χ4v) is 3.13. The quantitative estimate of drug-likeness (QED) is 0.430. The van der Waals surface area contributed by atoms with Crippen LogP contribution in [0.25, 0.3) is 10.1 Å². The van der Waals surface area contributed by atoms with Crippen LogP contribution in [0.4, 0.5) is 5.69 Å². The molecule has 1 heterocycles. The predicted octanol–water partition coefficient (Wildman–Crippen LogP) is 3.58. The highest BCUT2D eigenvalue weighted by atomic mass is 32.1. The van der Waals surface area contributed by atoms with Crippen LogP contribution in [0.1, 0.15) is 15.2 Å². The number of nitro benzene ring substituents is 1. The highest BCUT2D eigenvalue weighted by Crippen LogP contribution is 2.28. The first-order valence-electron chi connectivity index (χ1n) is 7.22. The standard InChI is InChI=1S/C17H13N3O4S/c1-24-14-4-2-3-11(7-14)10-18-19-17(21)16-9-12-8-13(20(22)23)5-6-15(12)25-16/h2-10H,1H3,(H,19,21)/b18-10-. The number of nitrogens with one attached hydrogen (secondary N) is 1. The molecule has 0 spiro atoms. The molecule has 25 heavy (non-hydrogen) atoms. The summed E-state index contributed by atoms with van der Waals surface area (Å²) < 4.78 is 5.92. The molecule has 7 nitrogen and oxygen atoms in total. The summed E-state index contributed by atoms with van der Waals surface area (Å²) in [4.78, 5) is 22.9. The molecule has 0 fully saturated rings. The zero-order valence-electron chi connectivity index (χ0n) is 13.1. The van der Waals surface area contributed by atoms with Crippen molar-refractivity contribution in [1.29, 1.82) is 0 Å². The van der Waals surface area contributed by atoms with Gasteiger partial charge in [-0.2, -0.15) is 5.10 Å². The van der Waals surface area contributed by atoms with E-state index in [1.54, 1.807) is 25.3 Å². The third kappa shape index (κ3) is 3.81. The Balaban J connectivity index is 1.73. The van der Waals surface area contributed by atoms with Crippen LogP contribution in [0.15, 0.2) is 53.6 Å². The molecule has 1 aromatic heterocycles. The lowest BCUT2D eigenvalue weighted by molar-refractivity contribution is -0.384. The number of nitrogens with zero attached hydrogens (tertiary/aromatic N) is 2. The Morgan fingerprint density at radius 1 is 1.28 bits per heavy atom. The molecule has 126 valence electrons. The van der Waals surface area contributed by atoms with Gasteiger partial charge in [0, 0.05) is 22.2 Å².